The second-order valence-corrected chi connectivity index (χ2v) is 5.23. The molecule has 2 heteroatoms. The lowest BCUT2D eigenvalue weighted by Crippen LogP contribution is -2.21. The first-order valence-electron chi connectivity index (χ1n) is 6.78. The lowest BCUT2D eigenvalue weighted by molar-refractivity contribution is 0.454. The van der Waals surface area contributed by atoms with Gasteiger partial charge < -0.3 is 5.32 Å². The van der Waals surface area contributed by atoms with Gasteiger partial charge in [-0.15, -0.1) is 0 Å². The fourth-order valence-corrected chi connectivity index (χ4v) is 2.13. The van der Waals surface area contributed by atoms with Crippen LogP contribution in [0.2, 0.25) is 0 Å². The Hall–Kier alpha value is -0.890. The molecule has 17 heavy (non-hydrogen) atoms. The van der Waals surface area contributed by atoms with Crippen LogP contribution in [0.4, 0.5) is 0 Å². The molecular weight excluding hydrogens is 208 g/mol. The van der Waals surface area contributed by atoms with Gasteiger partial charge in [0, 0.05) is 18.4 Å². The maximum Gasteiger partial charge on any atom is 0.0335 e. The first kappa shape index (κ1) is 14.2. The topological polar surface area (TPSA) is 24.9 Å². The maximum absolute atomic E-state index is 4.29. The average molecular weight is 234 g/mol. The minimum atomic E-state index is 0.464. The number of rotatable bonds is 7. The standard InChI is InChI=1S/C15H26N2/c1-5-17-15(8-6-7-12(2)3)14-9-13(4)10-16-11-14/h9-12,15,17H,5-8H2,1-4H3. The number of hydrogen-bond donors (Lipinski definition) is 1. The molecule has 0 saturated heterocycles. The van der Waals surface area contributed by atoms with Crippen LogP contribution in [0.15, 0.2) is 18.5 Å². The average Bonchev–Trinajstić information content (AvgIpc) is 2.27. The summed E-state index contributed by atoms with van der Waals surface area (Å²) >= 11 is 0. The van der Waals surface area contributed by atoms with E-state index in [-0.39, 0.29) is 0 Å². The van der Waals surface area contributed by atoms with Gasteiger partial charge >= 0.3 is 0 Å². The van der Waals surface area contributed by atoms with Crippen LogP contribution in [-0.2, 0) is 0 Å². The third-order valence-electron chi connectivity index (χ3n) is 3.02. The maximum atomic E-state index is 4.29. The van der Waals surface area contributed by atoms with Crippen LogP contribution < -0.4 is 5.32 Å². The summed E-state index contributed by atoms with van der Waals surface area (Å²) in [4.78, 5) is 4.29. The minimum Gasteiger partial charge on any atom is -0.310 e. The number of aromatic nitrogens is 1. The first-order valence-corrected chi connectivity index (χ1v) is 6.78. The van der Waals surface area contributed by atoms with Crippen molar-refractivity contribution in [3.63, 3.8) is 0 Å². The van der Waals surface area contributed by atoms with Crippen molar-refractivity contribution < 1.29 is 0 Å². The zero-order chi connectivity index (χ0) is 12.7. The Morgan fingerprint density at radius 1 is 1.24 bits per heavy atom. The van der Waals surface area contributed by atoms with E-state index in [0.29, 0.717) is 6.04 Å². The number of aryl methyl sites for hydroxylation is 1. The zero-order valence-corrected chi connectivity index (χ0v) is 11.7. The Kier molecular flexibility index (Phi) is 6.20. The highest BCUT2D eigenvalue weighted by molar-refractivity contribution is 5.20. The SMILES string of the molecule is CCNC(CCCC(C)C)c1cncc(C)c1. The van der Waals surface area contributed by atoms with Gasteiger partial charge in [-0.05, 0) is 36.9 Å². The van der Waals surface area contributed by atoms with Crippen molar-refractivity contribution in [2.24, 2.45) is 5.92 Å². The summed E-state index contributed by atoms with van der Waals surface area (Å²) in [7, 11) is 0. The summed E-state index contributed by atoms with van der Waals surface area (Å²) in [5, 5.41) is 3.56. The molecule has 0 fully saturated rings. The molecule has 96 valence electrons. The fourth-order valence-electron chi connectivity index (χ4n) is 2.13. The fraction of sp³-hybridized carbons (Fsp3) is 0.667. The highest BCUT2D eigenvalue weighted by Gasteiger charge is 2.10. The molecule has 1 atom stereocenters. The molecule has 1 unspecified atom stereocenters. The molecule has 2 nitrogen and oxygen atoms in total. The van der Waals surface area contributed by atoms with Crippen molar-refractivity contribution in [2.75, 3.05) is 6.54 Å². The van der Waals surface area contributed by atoms with E-state index >= 15 is 0 Å². The summed E-state index contributed by atoms with van der Waals surface area (Å²) in [5.74, 6) is 0.799. The van der Waals surface area contributed by atoms with Gasteiger partial charge in [-0.3, -0.25) is 4.98 Å². The third kappa shape index (κ3) is 5.31. The summed E-state index contributed by atoms with van der Waals surface area (Å²) in [6.45, 7) is 9.86. The van der Waals surface area contributed by atoms with Gasteiger partial charge in [-0.2, -0.15) is 0 Å². The van der Waals surface area contributed by atoms with E-state index in [4.69, 9.17) is 0 Å². The Balaban J connectivity index is 2.58. The molecule has 0 radical (unpaired) electrons. The van der Waals surface area contributed by atoms with Crippen LogP contribution in [0.25, 0.3) is 0 Å². The predicted molar refractivity (Wildman–Crippen MR) is 74.1 cm³/mol. The van der Waals surface area contributed by atoms with Crippen molar-refractivity contribution >= 4 is 0 Å². The van der Waals surface area contributed by atoms with Crippen LogP contribution >= 0.6 is 0 Å². The molecule has 1 rings (SSSR count). The second kappa shape index (κ2) is 7.44. The number of hydrogen-bond acceptors (Lipinski definition) is 2. The van der Waals surface area contributed by atoms with Crippen LogP contribution in [0, 0.1) is 12.8 Å². The monoisotopic (exact) mass is 234 g/mol. The van der Waals surface area contributed by atoms with Crippen LogP contribution in [0.3, 0.4) is 0 Å². The molecule has 0 aliphatic carbocycles. The molecule has 0 aromatic carbocycles. The number of pyridine rings is 1. The Morgan fingerprint density at radius 3 is 2.59 bits per heavy atom. The Bertz CT molecular complexity index is 320. The van der Waals surface area contributed by atoms with Crippen molar-refractivity contribution in [3.8, 4) is 0 Å². The summed E-state index contributed by atoms with van der Waals surface area (Å²) in [5.41, 5.74) is 2.57. The van der Waals surface area contributed by atoms with Gasteiger partial charge in [-0.25, -0.2) is 0 Å². The molecule has 0 bridgehead atoms. The highest BCUT2D eigenvalue weighted by Crippen LogP contribution is 2.20. The van der Waals surface area contributed by atoms with Crippen LogP contribution in [0.1, 0.15) is 57.2 Å². The van der Waals surface area contributed by atoms with E-state index in [1.54, 1.807) is 0 Å². The van der Waals surface area contributed by atoms with E-state index in [1.165, 1.54) is 30.4 Å². The summed E-state index contributed by atoms with van der Waals surface area (Å²) in [6, 6.07) is 2.71. The highest BCUT2D eigenvalue weighted by atomic mass is 14.9. The summed E-state index contributed by atoms with van der Waals surface area (Å²) in [6.07, 6.45) is 7.71. The largest absolute Gasteiger partial charge is 0.310 e. The van der Waals surface area contributed by atoms with E-state index in [1.807, 2.05) is 12.4 Å². The molecule has 1 aromatic heterocycles. The zero-order valence-electron chi connectivity index (χ0n) is 11.7. The molecule has 0 amide bonds. The Morgan fingerprint density at radius 2 is 2.00 bits per heavy atom. The lowest BCUT2D eigenvalue weighted by Gasteiger charge is -2.19. The van der Waals surface area contributed by atoms with Gasteiger partial charge in [0.2, 0.25) is 0 Å². The normalized spacial score (nSPS) is 13.0. The molecule has 0 aliphatic rings. The molecule has 0 aliphatic heterocycles. The van der Waals surface area contributed by atoms with E-state index < -0.39 is 0 Å². The van der Waals surface area contributed by atoms with Crippen molar-refractivity contribution in [2.45, 2.75) is 53.0 Å². The van der Waals surface area contributed by atoms with Crippen molar-refractivity contribution in [1.29, 1.82) is 0 Å². The number of nitrogens with zero attached hydrogens (tertiary/aromatic N) is 1. The molecule has 1 aromatic rings. The van der Waals surface area contributed by atoms with Crippen LogP contribution in [-0.4, -0.2) is 11.5 Å². The summed E-state index contributed by atoms with van der Waals surface area (Å²) < 4.78 is 0. The van der Waals surface area contributed by atoms with Gasteiger partial charge in [0.1, 0.15) is 0 Å². The molecule has 1 N–H and O–H groups in total. The lowest BCUT2D eigenvalue weighted by atomic mass is 9.98. The van der Waals surface area contributed by atoms with Crippen LogP contribution in [0.5, 0.6) is 0 Å². The smallest absolute Gasteiger partial charge is 0.0335 e. The number of nitrogens with one attached hydrogen (secondary N) is 1. The first-order chi connectivity index (χ1) is 8.13. The van der Waals surface area contributed by atoms with Crippen molar-refractivity contribution in [1.82, 2.24) is 10.3 Å². The quantitative estimate of drug-likeness (QED) is 0.774. The molecule has 0 spiro atoms. The third-order valence-corrected chi connectivity index (χ3v) is 3.02. The van der Waals surface area contributed by atoms with E-state index in [0.717, 1.165) is 12.5 Å². The van der Waals surface area contributed by atoms with Gasteiger partial charge in [0.05, 0.1) is 0 Å². The molecular formula is C15H26N2. The van der Waals surface area contributed by atoms with Gasteiger partial charge in [0.15, 0.2) is 0 Å². The minimum absolute atomic E-state index is 0.464. The molecule has 0 saturated carbocycles. The second-order valence-electron chi connectivity index (χ2n) is 5.23. The van der Waals surface area contributed by atoms with Gasteiger partial charge in [0.25, 0.3) is 0 Å². The predicted octanol–water partition coefficient (Wildman–Crippen LogP) is 3.87. The van der Waals surface area contributed by atoms with Gasteiger partial charge in [-0.1, -0.05) is 39.7 Å². The van der Waals surface area contributed by atoms with E-state index in [2.05, 4.69) is 44.1 Å². The Labute approximate surface area is 106 Å². The van der Waals surface area contributed by atoms with E-state index in [9.17, 15) is 0 Å². The van der Waals surface area contributed by atoms with Crippen molar-refractivity contribution in [3.05, 3.63) is 29.6 Å². The molecule has 1 heterocycles.